The topological polar surface area (TPSA) is 59.1 Å². The fourth-order valence-corrected chi connectivity index (χ4v) is 7.61. The monoisotopic (exact) mass is 486 g/mol. The maximum Gasteiger partial charge on any atom is 0.349 e. The zero-order valence-electron chi connectivity index (χ0n) is 18.1. The Morgan fingerprint density at radius 3 is 2.18 bits per heavy atom. The van der Waals surface area contributed by atoms with E-state index in [-0.39, 0.29) is 36.2 Å². The molecule has 3 saturated heterocycles. The van der Waals surface area contributed by atoms with Gasteiger partial charge in [-0.2, -0.15) is 0 Å². The number of ether oxygens (including phenoxy) is 2. The van der Waals surface area contributed by atoms with Crippen molar-refractivity contribution in [2.75, 3.05) is 7.05 Å². The van der Waals surface area contributed by atoms with Gasteiger partial charge in [-0.05, 0) is 35.0 Å². The van der Waals surface area contributed by atoms with E-state index in [1.165, 1.54) is 34.8 Å². The van der Waals surface area contributed by atoms with E-state index in [1.54, 1.807) is 12.1 Å². The maximum atomic E-state index is 13.4. The number of esters is 1. The van der Waals surface area contributed by atoms with Crippen LogP contribution in [0.25, 0.3) is 0 Å². The molecule has 3 aliphatic rings. The summed E-state index contributed by atoms with van der Waals surface area (Å²) in [6.07, 6.45) is 1.46. The number of quaternary nitrogens is 1. The van der Waals surface area contributed by atoms with Crippen LogP contribution in [0.1, 0.15) is 28.2 Å². The Kier molecular flexibility index (Phi) is 5.01. The average Bonchev–Trinajstić information content (AvgIpc) is 3.15. The summed E-state index contributed by atoms with van der Waals surface area (Å²) in [6.45, 7) is 0.793. The molecule has 33 heavy (non-hydrogen) atoms. The number of aliphatic hydroxyl groups is 1. The molecule has 5 heterocycles. The molecule has 172 valence electrons. The van der Waals surface area contributed by atoms with Crippen molar-refractivity contribution in [2.24, 2.45) is 0 Å². The van der Waals surface area contributed by atoms with Gasteiger partial charge < -0.3 is 19.1 Å². The third kappa shape index (κ3) is 3.39. The van der Waals surface area contributed by atoms with Gasteiger partial charge in [0.2, 0.25) is 5.60 Å². The molecule has 3 aromatic rings. The van der Waals surface area contributed by atoms with Gasteiger partial charge >= 0.3 is 5.97 Å². The summed E-state index contributed by atoms with van der Waals surface area (Å²) in [6, 6.07) is 14.3. The van der Waals surface area contributed by atoms with E-state index >= 15 is 0 Å². The summed E-state index contributed by atoms with van der Waals surface area (Å²) >= 11 is 2.69. The highest BCUT2D eigenvalue weighted by Crippen LogP contribution is 2.53. The number of hydrogen-bond acceptors (Lipinski definition) is 6. The highest BCUT2D eigenvalue weighted by Gasteiger charge is 2.72. The number of epoxide rings is 1. The first kappa shape index (κ1) is 21.4. The molecule has 3 aliphatic heterocycles. The Hall–Kier alpha value is -2.10. The van der Waals surface area contributed by atoms with Gasteiger partial charge in [0.05, 0.1) is 16.8 Å². The minimum atomic E-state index is -1.79. The molecule has 5 nitrogen and oxygen atoms in total. The Morgan fingerprint density at radius 2 is 1.67 bits per heavy atom. The van der Waals surface area contributed by atoms with Crippen molar-refractivity contribution in [3.05, 3.63) is 80.4 Å². The smallest absolute Gasteiger partial charge is 0.349 e. The van der Waals surface area contributed by atoms with Crippen LogP contribution in [-0.4, -0.2) is 53.0 Å². The minimum absolute atomic E-state index is 0.178. The van der Waals surface area contributed by atoms with Gasteiger partial charge in [0, 0.05) is 18.4 Å². The number of piperidine rings is 1. The predicted octanol–water partition coefficient (Wildman–Crippen LogP) is 4.06. The lowest BCUT2D eigenvalue weighted by Gasteiger charge is -2.48. The molecular formula is C25H25FNO4S2+. The first-order valence-electron chi connectivity index (χ1n) is 11.2. The van der Waals surface area contributed by atoms with E-state index in [0.29, 0.717) is 22.6 Å². The van der Waals surface area contributed by atoms with Gasteiger partial charge in [-0.15, -0.1) is 22.7 Å². The highest BCUT2D eigenvalue weighted by atomic mass is 32.1. The molecule has 1 aromatic carbocycles. The average molecular weight is 487 g/mol. The summed E-state index contributed by atoms with van der Waals surface area (Å²) in [5.41, 5.74) is -0.694. The van der Waals surface area contributed by atoms with E-state index in [2.05, 4.69) is 7.05 Å². The number of thiophene rings is 2. The lowest BCUT2D eigenvalue weighted by Crippen LogP contribution is -2.62. The number of fused-ring (bicyclic) bond motifs is 5. The number of likely N-dealkylation sites (N-methyl/N-ethyl adjacent to an activating group) is 1. The minimum Gasteiger partial charge on any atom is -0.459 e. The molecule has 6 rings (SSSR count). The fourth-order valence-electron chi connectivity index (χ4n) is 5.90. The Morgan fingerprint density at radius 1 is 1.09 bits per heavy atom. The molecule has 0 amide bonds. The van der Waals surface area contributed by atoms with Gasteiger partial charge in [0.25, 0.3) is 0 Å². The predicted molar refractivity (Wildman–Crippen MR) is 123 cm³/mol. The zero-order chi connectivity index (χ0) is 22.8. The van der Waals surface area contributed by atoms with Crippen molar-refractivity contribution in [1.29, 1.82) is 0 Å². The second-order valence-electron chi connectivity index (χ2n) is 9.50. The summed E-state index contributed by atoms with van der Waals surface area (Å²) in [7, 11) is 2.24. The zero-order valence-corrected chi connectivity index (χ0v) is 19.7. The SMILES string of the molecule is C[N+]1(Cc2ccc(F)cc2)C2CC(OC(=O)C(O)(c3cccs3)c3cccs3)CC1C1OC12. The molecule has 0 radical (unpaired) electrons. The second-order valence-corrected chi connectivity index (χ2v) is 11.4. The van der Waals surface area contributed by atoms with Crippen molar-refractivity contribution in [2.45, 2.75) is 55.4 Å². The normalized spacial score (nSPS) is 32.4. The maximum absolute atomic E-state index is 13.4. The highest BCUT2D eigenvalue weighted by molar-refractivity contribution is 7.12. The van der Waals surface area contributed by atoms with E-state index in [4.69, 9.17) is 9.47 Å². The van der Waals surface area contributed by atoms with Gasteiger partial charge in [-0.25, -0.2) is 9.18 Å². The molecule has 4 unspecified atom stereocenters. The van der Waals surface area contributed by atoms with Crippen LogP contribution in [0.5, 0.6) is 0 Å². The van der Waals surface area contributed by atoms with Crippen LogP contribution < -0.4 is 0 Å². The first-order valence-corrected chi connectivity index (χ1v) is 12.9. The van der Waals surface area contributed by atoms with Crippen molar-refractivity contribution in [3.8, 4) is 0 Å². The number of carbonyl (C=O) groups is 1. The molecule has 0 saturated carbocycles. The van der Waals surface area contributed by atoms with E-state index in [1.807, 2.05) is 35.0 Å². The van der Waals surface area contributed by atoms with Crippen molar-refractivity contribution < 1.29 is 28.2 Å². The van der Waals surface area contributed by atoms with E-state index in [0.717, 1.165) is 16.6 Å². The number of carbonyl (C=O) groups excluding carboxylic acids is 1. The second kappa shape index (κ2) is 7.71. The van der Waals surface area contributed by atoms with Crippen LogP contribution in [0.15, 0.2) is 59.3 Å². The number of benzene rings is 1. The van der Waals surface area contributed by atoms with Gasteiger partial charge in [0.1, 0.15) is 42.8 Å². The quantitative estimate of drug-likeness (QED) is 0.324. The number of nitrogens with zero attached hydrogens (tertiary/aromatic N) is 1. The molecule has 2 aromatic heterocycles. The van der Waals surface area contributed by atoms with Gasteiger partial charge in [-0.1, -0.05) is 24.3 Å². The molecule has 8 heteroatoms. The molecule has 4 atom stereocenters. The lowest BCUT2D eigenvalue weighted by molar-refractivity contribution is -0.968. The Labute approximate surface area is 199 Å². The Bertz CT molecular complexity index is 1100. The van der Waals surface area contributed by atoms with Crippen LogP contribution in [-0.2, 0) is 26.4 Å². The van der Waals surface area contributed by atoms with Gasteiger partial charge in [0.15, 0.2) is 0 Å². The van der Waals surface area contributed by atoms with Crippen LogP contribution >= 0.6 is 22.7 Å². The molecule has 3 fully saturated rings. The van der Waals surface area contributed by atoms with Crippen molar-refractivity contribution >= 4 is 28.6 Å². The summed E-state index contributed by atoms with van der Waals surface area (Å²) in [5, 5.41) is 15.3. The van der Waals surface area contributed by atoms with Gasteiger partial charge in [-0.3, -0.25) is 0 Å². The lowest BCUT2D eigenvalue weighted by atomic mass is 9.93. The number of hydrogen-bond donors (Lipinski definition) is 1. The number of morpholine rings is 1. The van der Waals surface area contributed by atoms with Crippen LogP contribution in [0.4, 0.5) is 4.39 Å². The van der Waals surface area contributed by atoms with Crippen molar-refractivity contribution in [1.82, 2.24) is 0 Å². The molecule has 0 aliphatic carbocycles. The summed E-state index contributed by atoms with van der Waals surface area (Å²) in [5.74, 6) is -0.842. The van der Waals surface area contributed by atoms with Crippen molar-refractivity contribution in [3.63, 3.8) is 0 Å². The molecular weight excluding hydrogens is 461 g/mol. The van der Waals surface area contributed by atoms with Crippen LogP contribution in [0.2, 0.25) is 0 Å². The summed E-state index contributed by atoms with van der Waals surface area (Å²) in [4.78, 5) is 14.5. The standard InChI is InChI=1S/C25H25FNO4S2/c1-27(14-15-6-8-16(26)9-7-15)18-12-17(13-19(27)23-22(18)31-23)30-24(28)25(29,20-4-2-10-32-20)21-5-3-11-33-21/h2-11,17-19,22-23,29H,12-14H2,1H3/q+1. The van der Waals surface area contributed by atoms with Crippen LogP contribution in [0.3, 0.4) is 0 Å². The third-order valence-corrected chi connectivity index (χ3v) is 9.56. The molecule has 0 spiro atoms. The fraction of sp³-hybridized carbons (Fsp3) is 0.400. The number of halogens is 1. The van der Waals surface area contributed by atoms with E-state index in [9.17, 15) is 14.3 Å². The molecule has 1 N–H and O–H groups in total. The molecule has 2 bridgehead atoms. The largest absolute Gasteiger partial charge is 0.459 e. The number of rotatable bonds is 6. The third-order valence-electron chi connectivity index (χ3n) is 7.61. The van der Waals surface area contributed by atoms with E-state index < -0.39 is 11.6 Å². The van der Waals surface area contributed by atoms with Crippen LogP contribution in [0, 0.1) is 5.82 Å². The summed E-state index contributed by atoms with van der Waals surface area (Å²) < 4.78 is 26.2. The first-order chi connectivity index (χ1) is 15.9. The Balaban J connectivity index is 1.22.